The van der Waals surface area contributed by atoms with Gasteiger partial charge in [-0.3, -0.25) is 0 Å². The summed E-state index contributed by atoms with van der Waals surface area (Å²) in [6, 6.07) is 0. The monoisotopic (exact) mass is 192 g/mol. The van der Waals surface area contributed by atoms with Gasteiger partial charge in [0.1, 0.15) is 0 Å². The molecule has 0 heteroatoms. The normalized spacial score (nSPS) is 36.9. The first-order chi connectivity index (χ1) is 6.59. The molecule has 0 radical (unpaired) electrons. The summed E-state index contributed by atoms with van der Waals surface area (Å²) in [6.07, 6.45) is 11.1. The predicted molar refractivity (Wildman–Crippen MR) is 62.2 cm³/mol. The number of hydrogen-bond acceptors (Lipinski definition) is 0. The lowest BCUT2D eigenvalue weighted by Crippen LogP contribution is -2.26. The maximum absolute atomic E-state index is 2.49. The molecule has 1 fully saturated rings. The van der Waals surface area contributed by atoms with E-state index in [2.05, 4.69) is 26.8 Å². The van der Waals surface area contributed by atoms with Gasteiger partial charge in [0.15, 0.2) is 0 Å². The summed E-state index contributed by atoms with van der Waals surface area (Å²) in [6.45, 7) is 7.25. The van der Waals surface area contributed by atoms with Crippen LogP contribution in [-0.4, -0.2) is 0 Å². The third-order valence-corrected chi connectivity index (χ3v) is 4.59. The highest BCUT2D eigenvalue weighted by Gasteiger charge is 2.39. The van der Waals surface area contributed by atoms with Gasteiger partial charge in [-0.25, -0.2) is 0 Å². The molecule has 0 aromatic rings. The summed E-state index contributed by atoms with van der Waals surface area (Å²) in [5.74, 6) is 2.00. The molecular weight excluding hydrogens is 168 g/mol. The Bertz CT molecular complexity index is 234. The van der Waals surface area contributed by atoms with Gasteiger partial charge in [-0.2, -0.15) is 0 Å². The molecule has 0 N–H and O–H groups in total. The van der Waals surface area contributed by atoms with Crippen molar-refractivity contribution >= 4 is 0 Å². The minimum Gasteiger partial charge on any atom is -0.0853 e. The summed E-state index contributed by atoms with van der Waals surface area (Å²) < 4.78 is 0. The Morgan fingerprint density at radius 3 is 2.57 bits per heavy atom. The molecule has 0 bridgehead atoms. The van der Waals surface area contributed by atoms with E-state index in [1.54, 1.807) is 5.57 Å². The van der Waals surface area contributed by atoms with E-state index in [0.717, 1.165) is 11.8 Å². The predicted octanol–water partition coefficient (Wildman–Crippen LogP) is 4.56. The summed E-state index contributed by atoms with van der Waals surface area (Å²) in [4.78, 5) is 0. The molecule has 0 aliphatic heterocycles. The molecule has 0 spiro atoms. The van der Waals surface area contributed by atoms with Crippen molar-refractivity contribution in [1.82, 2.24) is 0 Å². The molecule has 2 unspecified atom stereocenters. The lowest BCUT2D eigenvalue weighted by Gasteiger charge is -2.35. The molecule has 0 amide bonds. The Morgan fingerprint density at radius 2 is 2.07 bits per heavy atom. The summed E-state index contributed by atoms with van der Waals surface area (Å²) in [7, 11) is 0. The van der Waals surface area contributed by atoms with E-state index in [1.807, 2.05) is 0 Å². The highest BCUT2D eigenvalue weighted by Crippen LogP contribution is 2.49. The molecule has 0 nitrogen and oxygen atoms in total. The van der Waals surface area contributed by atoms with Crippen molar-refractivity contribution in [3.05, 3.63) is 11.6 Å². The van der Waals surface area contributed by atoms with E-state index in [0.29, 0.717) is 5.41 Å². The SMILES string of the molecule is CC1=CCC(C2CCCC2(C)C)CC1. The largest absolute Gasteiger partial charge is 0.0853 e. The van der Waals surface area contributed by atoms with Crippen LogP contribution in [0.2, 0.25) is 0 Å². The van der Waals surface area contributed by atoms with Crippen molar-refractivity contribution in [2.75, 3.05) is 0 Å². The van der Waals surface area contributed by atoms with Crippen molar-refractivity contribution in [3.63, 3.8) is 0 Å². The van der Waals surface area contributed by atoms with Crippen LogP contribution in [0.3, 0.4) is 0 Å². The molecule has 2 rings (SSSR count). The number of rotatable bonds is 1. The fourth-order valence-electron chi connectivity index (χ4n) is 3.58. The van der Waals surface area contributed by atoms with Crippen LogP contribution in [0, 0.1) is 17.3 Å². The molecule has 1 saturated carbocycles. The van der Waals surface area contributed by atoms with Gasteiger partial charge in [-0.05, 0) is 56.3 Å². The van der Waals surface area contributed by atoms with E-state index in [-0.39, 0.29) is 0 Å². The Hall–Kier alpha value is -0.260. The van der Waals surface area contributed by atoms with E-state index in [4.69, 9.17) is 0 Å². The summed E-state index contributed by atoms with van der Waals surface area (Å²) in [5, 5.41) is 0. The minimum absolute atomic E-state index is 0.629. The zero-order chi connectivity index (χ0) is 10.2. The first-order valence-electron chi connectivity index (χ1n) is 6.25. The first-order valence-corrected chi connectivity index (χ1v) is 6.25. The van der Waals surface area contributed by atoms with Crippen LogP contribution in [0.5, 0.6) is 0 Å². The van der Waals surface area contributed by atoms with Crippen molar-refractivity contribution in [1.29, 1.82) is 0 Å². The minimum atomic E-state index is 0.629. The second kappa shape index (κ2) is 3.72. The fraction of sp³-hybridized carbons (Fsp3) is 0.857. The zero-order valence-corrected chi connectivity index (χ0v) is 9.97. The third-order valence-electron chi connectivity index (χ3n) is 4.59. The van der Waals surface area contributed by atoms with Crippen molar-refractivity contribution in [2.24, 2.45) is 17.3 Å². The molecule has 0 heterocycles. The summed E-state index contributed by atoms with van der Waals surface area (Å²) in [5.41, 5.74) is 2.25. The Morgan fingerprint density at radius 1 is 1.29 bits per heavy atom. The van der Waals surface area contributed by atoms with E-state index >= 15 is 0 Å². The van der Waals surface area contributed by atoms with Crippen molar-refractivity contribution < 1.29 is 0 Å². The first kappa shape index (κ1) is 10.3. The van der Waals surface area contributed by atoms with Gasteiger partial charge in [0.05, 0.1) is 0 Å². The molecule has 0 saturated heterocycles. The second-order valence-corrected chi connectivity index (χ2v) is 6.07. The number of allylic oxidation sites excluding steroid dienone is 2. The average Bonchev–Trinajstić information content (AvgIpc) is 2.47. The van der Waals surface area contributed by atoms with Crippen molar-refractivity contribution in [3.8, 4) is 0 Å². The van der Waals surface area contributed by atoms with Crippen LogP contribution >= 0.6 is 0 Å². The lowest BCUT2D eigenvalue weighted by atomic mass is 9.70. The van der Waals surface area contributed by atoms with Crippen molar-refractivity contribution in [2.45, 2.75) is 59.3 Å². The van der Waals surface area contributed by atoms with E-state index in [1.165, 1.54) is 38.5 Å². The van der Waals surface area contributed by atoms with Gasteiger partial charge in [0.25, 0.3) is 0 Å². The molecule has 80 valence electrons. The molecule has 2 aliphatic rings. The molecule has 14 heavy (non-hydrogen) atoms. The Kier molecular flexibility index (Phi) is 2.72. The fourth-order valence-corrected chi connectivity index (χ4v) is 3.58. The van der Waals surface area contributed by atoms with Crippen LogP contribution in [0.1, 0.15) is 59.3 Å². The second-order valence-electron chi connectivity index (χ2n) is 6.07. The van der Waals surface area contributed by atoms with Crippen LogP contribution in [0.15, 0.2) is 11.6 Å². The average molecular weight is 192 g/mol. The standard InChI is InChI=1S/C14H24/c1-11-6-8-12(9-7-11)13-5-4-10-14(13,2)3/h6,12-13H,4-5,7-10H2,1-3H3. The van der Waals surface area contributed by atoms with Crippen LogP contribution < -0.4 is 0 Å². The summed E-state index contributed by atoms with van der Waals surface area (Å²) >= 11 is 0. The highest BCUT2D eigenvalue weighted by atomic mass is 14.4. The van der Waals surface area contributed by atoms with Gasteiger partial charge in [-0.15, -0.1) is 0 Å². The van der Waals surface area contributed by atoms with E-state index < -0.39 is 0 Å². The number of hydrogen-bond donors (Lipinski definition) is 0. The van der Waals surface area contributed by atoms with Crippen LogP contribution in [-0.2, 0) is 0 Å². The van der Waals surface area contributed by atoms with Gasteiger partial charge in [0.2, 0.25) is 0 Å². The smallest absolute Gasteiger partial charge is 0.0317 e. The Balaban J connectivity index is 2.02. The third kappa shape index (κ3) is 1.89. The highest BCUT2D eigenvalue weighted by molar-refractivity contribution is 5.05. The molecule has 2 atom stereocenters. The van der Waals surface area contributed by atoms with Crippen LogP contribution in [0.25, 0.3) is 0 Å². The zero-order valence-electron chi connectivity index (χ0n) is 9.97. The molecule has 0 aromatic heterocycles. The quantitative estimate of drug-likeness (QED) is 0.534. The molecule has 0 aromatic carbocycles. The maximum atomic E-state index is 2.49. The van der Waals surface area contributed by atoms with Gasteiger partial charge in [-0.1, -0.05) is 31.9 Å². The lowest BCUT2D eigenvalue weighted by molar-refractivity contribution is 0.165. The topological polar surface area (TPSA) is 0 Å². The molecule has 2 aliphatic carbocycles. The van der Waals surface area contributed by atoms with E-state index in [9.17, 15) is 0 Å². The van der Waals surface area contributed by atoms with Gasteiger partial charge < -0.3 is 0 Å². The van der Waals surface area contributed by atoms with Crippen LogP contribution in [0.4, 0.5) is 0 Å². The maximum Gasteiger partial charge on any atom is -0.0317 e. The molecular formula is C14H24. The van der Waals surface area contributed by atoms with Gasteiger partial charge in [0, 0.05) is 0 Å². The Labute approximate surface area is 88.8 Å². The van der Waals surface area contributed by atoms with Gasteiger partial charge >= 0.3 is 0 Å².